The Hall–Kier alpha value is -1.31. The van der Waals surface area contributed by atoms with E-state index < -0.39 is 0 Å². The van der Waals surface area contributed by atoms with Crippen LogP contribution < -0.4 is 4.74 Å². The number of aryl methyl sites for hydroxylation is 1. The number of carbonyl (C=O) groups is 1. The summed E-state index contributed by atoms with van der Waals surface area (Å²) < 4.78 is 5.34. The topological polar surface area (TPSA) is 26.3 Å². The molecule has 0 aromatic heterocycles. The van der Waals surface area contributed by atoms with Crippen LogP contribution in [0, 0.1) is 6.92 Å². The zero-order chi connectivity index (χ0) is 10.6. The Morgan fingerprint density at radius 1 is 1.36 bits per heavy atom. The van der Waals surface area contributed by atoms with E-state index in [1.54, 1.807) is 0 Å². The van der Waals surface area contributed by atoms with Gasteiger partial charge >= 0.3 is 0 Å². The number of hydrogen-bond donors (Lipinski definition) is 0. The standard InChI is InChI=1S/C12H16O2/c1-4-12(13)11-8-10(14-5-2)7-6-9(11)3/h6-8H,4-5H2,1-3H3. The molecule has 0 saturated carbocycles. The van der Waals surface area contributed by atoms with Crippen molar-refractivity contribution in [2.45, 2.75) is 27.2 Å². The summed E-state index contributed by atoms with van der Waals surface area (Å²) in [4.78, 5) is 11.5. The highest BCUT2D eigenvalue weighted by Gasteiger charge is 2.07. The number of carbonyl (C=O) groups excluding carboxylic acids is 1. The van der Waals surface area contributed by atoms with E-state index in [4.69, 9.17) is 4.74 Å². The molecule has 1 rings (SSSR count). The van der Waals surface area contributed by atoms with Crippen LogP contribution in [-0.4, -0.2) is 12.4 Å². The maximum atomic E-state index is 11.5. The molecule has 0 fully saturated rings. The maximum absolute atomic E-state index is 11.5. The van der Waals surface area contributed by atoms with Gasteiger partial charge in [-0.3, -0.25) is 4.79 Å². The molecule has 0 aliphatic carbocycles. The smallest absolute Gasteiger partial charge is 0.163 e. The summed E-state index contributed by atoms with van der Waals surface area (Å²) in [6.07, 6.45) is 0.538. The predicted octanol–water partition coefficient (Wildman–Crippen LogP) is 2.99. The lowest BCUT2D eigenvalue weighted by Crippen LogP contribution is -2.01. The highest BCUT2D eigenvalue weighted by molar-refractivity contribution is 5.97. The van der Waals surface area contributed by atoms with Crippen molar-refractivity contribution in [3.63, 3.8) is 0 Å². The van der Waals surface area contributed by atoms with Crippen molar-refractivity contribution < 1.29 is 9.53 Å². The van der Waals surface area contributed by atoms with Gasteiger partial charge in [-0.2, -0.15) is 0 Å². The summed E-state index contributed by atoms with van der Waals surface area (Å²) in [7, 11) is 0. The molecular weight excluding hydrogens is 176 g/mol. The first-order chi connectivity index (χ1) is 6.69. The SMILES string of the molecule is CCOc1ccc(C)c(C(=O)CC)c1. The van der Waals surface area contributed by atoms with Gasteiger partial charge in [0.15, 0.2) is 5.78 Å². The minimum Gasteiger partial charge on any atom is -0.494 e. The molecule has 0 N–H and O–H groups in total. The van der Waals surface area contributed by atoms with Gasteiger partial charge in [0.2, 0.25) is 0 Å². The molecule has 0 amide bonds. The van der Waals surface area contributed by atoms with E-state index in [9.17, 15) is 4.79 Å². The molecule has 0 saturated heterocycles. The van der Waals surface area contributed by atoms with Crippen molar-refractivity contribution in [3.05, 3.63) is 29.3 Å². The fourth-order valence-corrected chi connectivity index (χ4v) is 1.35. The molecule has 1 aromatic carbocycles. The van der Waals surface area contributed by atoms with Crippen LogP contribution in [0.3, 0.4) is 0 Å². The number of ketones is 1. The minimum absolute atomic E-state index is 0.170. The molecule has 0 aliphatic rings. The molecule has 14 heavy (non-hydrogen) atoms. The van der Waals surface area contributed by atoms with Crippen molar-refractivity contribution in [1.29, 1.82) is 0 Å². The molecular formula is C12H16O2. The number of ether oxygens (including phenoxy) is 1. The zero-order valence-corrected chi connectivity index (χ0v) is 8.96. The maximum Gasteiger partial charge on any atom is 0.163 e. The number of Topliss-reactive ketones (excluding diaryl/α,β-unsaturated/α-hetero) is 1. The largest absolute Gasteiger partial charge is 0.494 e. The molecule has 2 heteroatoms. The van der Waals surface area contributed by atoms with Crippen LogP contribution in [0.25, 0.3) is 0 Å². The Labute approximate surface area is 84.9 Å². The Morgan fingerprint density at radius 3 is 2.64 bits per heavy atom. The second kappa shape index (κ2) is 4.80. The van der Waals surface area contributed by atoms with Crippen LogP contribution in [0.5, 0.6) is 5.75 Å². The normalized spacial score (nSPS) is 9.93. The summed E-state index contributed by atoms with van der Waals surface area (Å²) in [5.74, 6) is 0.943. The molecule has 0 aliphatic heterocycles. The van der Waals surface area contributed by atoms with Crippen molar-refractivity contribution >= 4 is 5.78 Å². The minimum atomic E-state index is 0.170. The van der Waals surface area contributed by atoms with E-state index in [2.05, 4.69) is 0 Å². The van der Waals surface area contributed by atoms with Crippen molar-refractivity contribution in [2.75, 3.05) is 6.61 Å². The number of benzene rings is 1. The molecule has 2 nitrogen and oxygen atoms in total. The van der Waals surface area contributed by atoms with E-state index in [1.807, 2.05) is 39.0 Å². The first kappa shape index (κ1) is 10.8. The molecule has 0 spiro atoms. The third kappa shape index (κ3) is 2.34. The second-order valence-corrected chi connectivity index (χ2v) is 3.19. The van der Waals surface area contributed by atoms with Gasteiger partial charge in [-0.15, -0.1) is 0 Å². The van der Waals surface area contributed by atoms with E-state index in [1.165, 1.54) is 0 Å². The lowest BCUT2D eigenvalue weighted by Gasteiger charge is -2.07. The molecule has 0 radical (unpaired) electrons. The van der Waals surface area contributed by atoms with Gasteiger partial charge < -0.3 is 4.74 Å². The Kier molecular flexibility index (Phi) is 3.69. The van der Waals surface area contributed by atoms with Gasteiger partial charge in [-0.1, -0.05) is 13.0 Å². The highest BCUT2D eigenvalue weighted by atomic mass is 16.5. The summed E-state index contributed by atoms with van der Waals surface area (Å²) >= 11 is 0. The number of hydrogen-bond acceptors (Lipinski definition) is 2. The highest BCUT2D eigenvalue weighted by Crippen LogP contribution is 2.18. The lowest BCUT2D eigenvalue weighted by molar-refractivity contribution is 0.0987. The van der Waals surface area contributed by atoms with Crippen molar-refractivity contribution in [2.24, 2.45) is 0 Å². The fourth-order valence-electron chi connectivity index (χ4n) is 1.35. The summed E-state index contributed by atoms with van der Waals surface area (Å²) in [5.41, 5.74) is 1.79. The Bertz CT molecular complexity index is 329. The Morgan fingerprint density at radius 2 is 2.07 bits per heavy atom. The zero-order valence-electron chi connectivity index (χ0n) is 8.96. The average molecular weight is 192 g/mol. The van der Waals surface area contributed by atoms with Gasteiger partial charge in [0.1, 0.15) is 5.75 Å². The van der Waals surface area contributed by atoms with Gasteiger partial charge in [-0.25, -0.2) is 0 Å². The first-order valence-electron chi connectivity index (χ1n) is 4.95. The summed E-state index contributed by atoms with van der Waals surface area (Å²) in [6.45, 7) is 6.37. The van der Waals surface area contributed by atoms with Gasteiger partial charge in [0.05, 0.1) is 6.61 Å². The van der Waals surface area contributed by atoms with Crippen LogP contribution in [0.15, 0.2) is 18.2 Å². The van der Waals surface area contributed by atoms with E-state index in [-0.39, 0.29) is 5.78 Å². The van der Waals surface area contributed by atoms with Crippen molar-refractivity contribution in [1.82, 2.24) is 0 Å². The van der Waals surface area contributed by atoms with Crippen LogP contribution in [-0.2, 0) is 0 Å². The molecule has 0 bridgehead atoms. The van der Waals surface area contributed by atoms with Crippen LogP contribution in [0.2, 0.25) is 0 Å². The van der Waals surface area contributed by atoms with Crippen LogP contribution >= 0.6 is 0 Å². The van der Waals surface area contributed by atoms with E-state index >= 15 is 0 Å². The third-order valence-corrected chi connectivity index (χ3v) is 2.14. The molecule has 76 valence electrons. The molecule has 0 heterocycles. The Balaban J connectivity index is 3.01. The second-order valence-electron chi connectivity index (χ2n) is 3.19. The monoisotopic (exact) mass is 192 g/mol. The number of rotatable bonds is 4. The summed E-state index contributed by atoms with van der Waals surface area (Å²) in [5, 5.41) is 0. The quantitative estimate of drug-likeness (QED) is 0.685. The predicted molar refractivity (Wildman–Crippen MR) is 57.0 cm³/mol. The molecule has 0 atom stereocenters. The fraction of sp³-hybridized carbons (Fsp3) is 0.417. The lowest BCUT2D eigenvalue weighted by atomic mass is 10.0. The molecule has 0 unspecified atom stereocenters. The third-order valence-electron chi connectivity index (χ3n) is 2.14. The van der Waals surface area contributed by atoms with Gasteiger partial charge in [0.25, 0.3) is 0 Å². The molecule has 1 aromatic rings. The van der Waals surface area contributed by atoms with Gasteiger partial charge in [0, 0.05) is 12.0 Å². The van der Waals surface area contributed by atoms with Gasteiger partial charge in [-0.05, 0) is 31.5 Å². The van der Waals surface area contributed by atoms with Crippen molar-refractivity contribution in [3.8, 4) is 5.75 Å². The summed E-state index contributed by atoms with van der Waals surface area (Å²) in [6, 6.07) is 5.64. The van der Waals surface area contributed by atoms with Crippen LogP contribution in [0.1, 0.15) is 36.2 Å². The first-order valence-corrected chi connectivity index (χ1v) is 4.95. The van der Waals surface area contributed by atoms with Crippen LogP contribution in [0.4, 0.5) is 0 Å². The van der Waals surface area contributed by atoms with E-state index in [0.717, 1.165) is 16.9 Å². The average Bonchev–Trinajstić information content (AvgIpc) is 2.20. The van der Waals surface area contributed by atoms with E-state index in [0.29, 0.717) is 13.0 Å².